The summed E-state index contributed by atoms with van der Waals surface area (Å²) in [4.78, 5) is 24.6. The molecule has 0 aliphatic heterocycles. The first-order chi connectivity index (χ1) is 14.8. The Morgan fingerprint density at radius 1 is 0.968 bits per heavy atom. The zero-order valence-corrected chi connectivity index (χ0v) is 17.6. The summed E-state index contributed by atoms with van der Waals surface area (Å²) in [6.45, 7) is -0.0434. The van der Waals surface area contributed by atoms with Crippen molar-refractivity contribution in [2.24, 2.45) is 5.14 Å². The molecule has 3 aromatic rings. The molecule has 0 bridgehead atoms. The predicted molar refractivity (Wildman–Crippen MR) is 116 cm³/mol. The van der Waals surface area contributed by atoms with Gasteiger partial charge in [0, 0.05) is 6.54 Å². The summed E-state index contributed by atoms with van der Waals surface area (Å²) >= 11 is 0. The molecular weight excluding hydrogens is 416 g/mol. The summed E-state index contributed by atoms with van der Waals surface area (Å²) in [5, 5.41) is 9.74. The van der Waals surface area contributed by atoms with E-state index in [0.717, 1.165) is 29.2 Å². The number of amides is 1. The molecule has 0 heterocycles. The second-order valence-electron chi connectivity index (χ2n) is 7.48. The van der Waals surface area contributed by atoms with Crippen molar-refractivity contribution in [1.29, 1.82) is 0 Å². The first-order valence-electron chi connectivity index (χ1n) is 9.92. The minimum Gasteiger partial charge on any atom is -0.452 e. The number of rotatable bonds is 7. The number of hydrogen-bond acceptors (Lipinski definition) is 5. The van der Waals surface area contributed by atoms with E-state index in [0.29, 0.717) is 18.5 Å². The van der Waals surface area contributed by atoms with Gasteiger partial charge in [0.25, 0.3) is 5.91 Å². The molecule has 0 saturated heterocycles. The summed E-state index contributed by atoms with van der Waals surface area (Å²) in [6, 6.07) is 15.8. The Balaban J connectivity index is 1.30. The largest absolute Gasteiger partial charge is 0.452 e. The van der Waals surface area contributed by atoms with Crippen LogP contribution in [-0.4, -0.2) is 33.4 Å². The second-order valence-corrected chi connectivity index (χ2v) is 9.04. The van der Waals surface area contributed by atoms with Crippen LogP contribution in [0.5, 0.6) is 0 Å². The van der Waals surface area contributed by atoms with E-state index in [4.69, 9.17) is 9.88 Å². The van der Waals surface area contributed by atoms with Crippen LogP contribution in [0, 0.1) is 0 Å². The molecule has 0 aromatic heterocycles. The quantitative estimate of drug-likeness (QED) is 0.548. The fraction of sp³-hybridized carbons (Fsp3) is 0.217. The maximum Gasteiger partial charge on any atom is 0.339 e. The van der Waals surface area contributed by atoms with E-state index in [9.17, 15) is 18.0 Å². The number of ether oxygens (including phenoxy) is 1. The van der Waals surface area contributed by atoms with Crippen LogP contribution in [0.3, 0.4) is 0 Å². The van der Waals surface area contributed by atoms with Crippen LogP contribution in [-0.2, 0) is 38.8 Å². The molecule has 4 rings (SSSR count). The molecule has 31 heavy (non-hydrogen) atoms. The number of benzene rings is 3. The third-order valence-electron chi connectivity index (χ3n) is 5.42. The monoisotopic (exact) mass is 438 g/mol. The molecular formula is C23H22N2O5S. The Bertz CT molecular complexity index is 1260. The van der Waals surface area contributed by atoms with Crippen molar-refractivity contribution in [3.63, 3.8) is 0 Å². The van der Waals surface area contributed by atoms with Gasteiger partial charge in [-0.1, -0.05) is 36.4 Å². The van der Waals surface area contributed by atoms with E-state index in [1.807, 2.05) is 18.2 Å². The van der Waals surface area contributed by atoms with Crippen molar-refractivity contribution in [2.45, 2.75) is 24.2 Å². The molecule has 0 spiro atoms. The number of carbonyl (C=O) groups excluding carboxylic acids is 2. The molecule has 0 atom stereocenters. The molecule has 0 unspecified atom stereocenters. The Morgan fingerprint density at radius 3 is 2.39 bits per heavy atom. The molecule has 3 aromatic carbocycles. The van der Waals surface area contributed by atoms with Crippen LogP contribution in [0.4, 0.5) is 0 Å². The number of nitrogens with two attached hydrogens (primary N) is 1. The van der Waals surface area contributed by atoms with E-state index >= 15 is 0 Å². The molecule has 0 saturated carbocycles. The second kappa shape index (κ2) is 8.49. The first-order valence-corrected chi connectivity index (χ1v) is 11.5. The zero-order valence-electron chi connectivity index (χ0n) is 16.8. The van der Waals surface area contributed by atoms with Gasteiger partial charge in [-0.3, -0.25) is 4.79 Å². The number of nitrogens with one attached hydrogen (secondary N) is 1. The Kier molecular flexibility index (Phi) is 5.75. The Hall–Kier alpha value is -3.23. The van der Waals surface area contributed by atoms with Crippen molar-refractivity contribution in [1.82, 2.24) is 5.32 Å². The van der Waals surface area contributed by atoms with E-state index in [-0.39, 0.29) is 11.5 Å². The van der Waals surface area contributed by atoms with Crippen molar-refractivity contribution in [3.8, 4) is 0 Å². The minimum absolute atomic E-state index is 0.0373. The van der Waals surface area contributed by atoms with Gasteiger partial charge < -0.3 is 10.1 Å². The van der Waals surface area contributed by atoms with Crippen molar-refractivity contribution in [3.05, 3.63) is 76.9 Å². The Morgan fingerprint density at radius 2 is 1.68 bits per heavy atom. The van der Waals surface area contributed by atoms with Crippen LogP contribution in [0.25, 0.3) is 10.8 Å². The number of carbonyl (C=O) groups is 2. The molecule has 160 valence electrons. The highest BCUT2D eigenvalue weighted by molar-refractivity contribution is 7.89. The number of hydrogen-bond donors (Lipinski definition) is 2. The lowest BCUT2D eigenvalue weighted by atomic mass is 10.00. The highest BCUT2D eigenvalue weighted by Gasteiger charge is 2.20. The van der Waals surface area contributed by atoms with Gasteiger partial charge in [0.2, 0.25) is 10.0 Å². The third-order valence-corrected chi connectivity index (χ3v) is 6.35. The standard InChI is InChI=1S/C23H22N2O5S/c24-31(28,29)18-9-4-15(5-10-18)12-13-25-21(26)14-30-23(27)20-11-8-17-7-6-16-2-1-3-19(20)22(16)17/h1-5,8-11H,6-7,12-14H2,(H,25,26)(H2,24,28,29). The molecule has 0 fully saturated rings. The smallest absolute Gasteiger partial charge is 0.339 e. The fourth-order valence-corrected chi connectivity index (χ4v) is 4.39. The van der Waals surface area contributed by atoms with Gasteiger partial charge in [-0.05, 0) is 64.9 Å². The van der Waals surface area contributed by atoms with Crippen LogP contribution in [0.2, 0.25) is 0 Å². The van der Waals surface area contributed by atoms with E-state index in [1.165, 1.54) is 23.3 Å². The lowest BCUT2D eigenvalue weighted by Crippen LogP contribution is -2.30. The molecule has 3 N–H and O–H groups in total. The van der Waals surface area contributed by atoms with Crippen LogP contribution < -0.4 is 10.5 Å². The summed E-state index contributed by atoms with van der Waals surface area (Å²) in [5.74, 6) is -0.926. The maximum atomic E-state index is 12.6. The van der Waals surface area contributed by atoms with Crippen LogP contribution >= 0.6 is 0 Å². The van der Waals surface area contributed by atoms with E-state index in [1.54, 1.807) is 18.2 Å². The molecule has 1 amide bonds. The van der Waals surface area contributed by atoms with Crippen LogP contribution in [0.15, 0.2) is 59.5 Å². The van der Waals surface area contributed by atoms with Gasteiger partial charge in [0.15, 0.2) is 6.61 Å². The SMILES string of the molecule is NS(=O)(=O)c1ccc(CCNC(=O)COC(=O)c2ccc3c4c(cccc24)CC3)cc1. The van der Waals surface area contributed by atoms with Gasteiger partial charge in [-0.2, -0.15) is 0 Å². The summed E-state index contributed by atoms with van der Waals surface area (Å²) in [5.41, 5.74) is 3.77. The van der Waals surface area contributed by atoms with E-state index in [2.05, 4.69) is 11.4 Å². The highest BCUT2D eigenvalue weighted by Crippen LogP contribution is 2.32. The number of sulfonamides is 1. The van der Waals surface area contributed by atoms with Crippen molar-refractivity contribution < 1.29 is 22.7 Å². The van der Waals surface area contributed by atoms with Gasteiger partial charge in [0.1, 0.15) is 0 Å². The van der Waals surface area contributed by atoms with Gasteiger partial charge in [-0.25, -0.2) is 18.4 Å². The normalized spacial score (nSPS) is 12.7. The summed E-state index contributed by atoms with van der Waals surface area (Å²) in [7, 11) is -3.73. The lowest BCUT2D eigenvalue weighted by Gasteiger charge is -2.10. The topological polar surface area (TPSA) is 116 Å². The molecule has 0 radical (unpaired) electrons. The number of aryl methyl sites for hydroxylation is 2. The lowest BCUT2D eigenvalue weighted by molar-refractivity contribution is -0.124. The summed E-state index contributed by atoms with van der Waals surface area (Å²) in [6.07, 6.45) is 2.44. The Labute approximate surface area is 180 Å². The van der Waals surface area contributed by atoms with E-state index < -0.39 is 21.9 Å². The third kappa shape index (κ3) is 4.60. The van der Waals surface area contributed by atoms with Gasteiger partial charge in [0.05, 0.1) is 10.5 Å². The van der Waals surface area contributed by atoms with Gasteiger partial charge >= 0.3 is 5.97 Å². The zero-order chi connectivity index (χ0) is 22.0. The molecule has 1 aliphatic carbocycles. The van der Waals surface area contributed by atoms with Crippen molar-refractivity contribution in [2.75, 3.05) is 13.2 Å². The average molecular weight is 439 g/mol. The van der Waals surface area contributed by atoms with Crippen molar-refractivity contribution >= 4 is 32.7 Å². The highest BCUT2D eigenvalue weighted by atomic mass is 32.2. The number of primary sulfonamides is 1. The molecule has 8 heteroatoms. The maximum absolute atomic E-state index is 12.6. The predicted octanol–water partition coefficient (Wildman–Crippen LogP) is 2.10. The minimum atomic E-state index is -3.73. The number of esters is 1. The first kappa shape index (κ1) is 21.0. The fourth-order valence-electron chi connectivity index (χ4n) is 3.88. The van der Waals surface area contributed by atoms with Gasteiger partial charge in [-0.15, -0.1) is 0 Å². The average Bonchev–Trinajstić information content (AvgIpc) is 3.17. The molecule has 1 aliphatic rings. The van der Waals surface area contributed by atoms with Crippen LogP contribution in [0.1, 0.15) is 27.0 Å². The molecule has 7 nitrogen and oxygen atoms in total. The summed E-state index contributed by atoms with van der Waals surface area (Å²) < 4.78 is 27.8.